The SMILES string of the molecule is Nc1nc(-n2cccn2)nc(-n2cnc3c2CCCC3)n1. The van der Waals surface area contributed by atoms with E-state index in [1.165, 1.54) is 12.1 Å². The molecule has 8 nitrogen and oxygen atoms in total. The van der Waals surface area contributed by atoms with Gasteiger partial charge in [0.25, 0.3) is 5.95 Å². The van der Waals surface area contributed by atoms with E-state index in [-0.39, 0.29) is 5.95 Å². The summed E-state index contributed by atoms with van der Waals surface area (Å²) in [6.07, 6.45) is 9.53. The van der Waals surface area contributed by atoms with Gasteiger partial charge in [0, 0.05) is 18.1 Å². The van der Waals surface area contributed by atoms with E-state index in [2.05, 4.69) is 25.0 Å². The molecule has 0 unspecified atom stereocenters. The number of aryl methyl sites for hydroxylation is 1. The number of hydrogen-bond acceptors (Lipinski definition) is 6. The van der Waals surface area contributed by atoms with Crippen LogP contribution >= 0.6 is 0 Å². The van der Waals surface area contributed by atoms with Gasteiger partial charge in [0.05, 0.1) is 5.69 Å². The van der Waals surface area contributed by atoms with Crippen molar-refractivity contribution in [2.75, 3.05) is 5.73 Å². The molecule has 0 fully saturated rings. The van der Waals surface area contributed by atoms with Crippen LogP contribution in [0.15, 0.2) is 24.8 Å². The maximum absolute atomic E-state index is 5.81. The van der Waals surface area contributed by atoms with Gasteiger partial charge in [-0.1, -0.05) is 0 Å². The third kappa shape index (κ3) is 2.04. The van der Waals surface area contributed by atoms with Crippen molar-refractivity contribution in [2.24, 2.45) is 0 Å². The van der Waals surface area contributed by atoms with Crippen molar-refractivity contribution in [3.05, 3.63) is 36.2 Å². The minimum absolute atomic E-state index is 0.170. The Morgan fingerprint density at radius 2 is 1.90 bits per heavy atom. The molecule has 3 aromatic heterocycles. The largest absolute Gasteiger partial charge is 0.368 e. The van der Waals surface area contributed by atoms with E-state index in [9.17, 15) is 0 Å². The van der Waals surface area contributed by atoms with E-state index in [0.717, 1.165) is 25.0 Å². The number of anilines is 1. The van der Waals surface area contributed by atoms with E-state index in [0.29, 0.717) is 11.9 Å². The Morgan fingerprint density at radius 3 is 2.76 bits per heavy atom. The minimum atomic E-state index is 0.170. The molecule has 21 heavy (non-hydrogen) atoms. The van der Waals surface area contributed by atoms with Crippen molar-refractivity contribution in [3.63, 3.8) is 0 Å². The summed E-state index contributed by atoms with van der Waals surface area (Å²) in [6.45, 7) is 0. The number of imidazole rings is 1. The summed E-state index contributed by atoms with van der Waals surface area (Å²) in [5.74, 6) is 1.06. The van der Waals surface area contributed by atoms with Crippen LogP contribution in [0.5, 0.6) is 0 Å². The lowest BCUT2D eigenvalue weighted by atomic mass is 10.0. The van der Waals surface area contributed by atoms with Crippen LogP contribution in [-0.2, 0) is 12.8 Å². The first-order valence-electron chi connectivity index (χ1n) is 6.88. The monoisotopic (exact) mass is 282 g/mol. The van der Waals surface area contributed by atoms with Crippen LogP contribution in [0.3, 0.4) is 0 Å². The predicted octanol–water partition coefficient (Wildman–Crippen LogP) is 0.704. The van der Waals surface area contributed by atoms with Crippen LogP contribution in [0.1, 0.15) is 24.2 Å². The van der Waals surface area contributed by atoms with Gasteiger partial charge in [0.2, 0.25) is 11.9 Å². The topological polar surface area (TPSA) is 100 Å². The Labute approximate surface area is 120 Å². The van der Waals surface area contributed by atoms with E-state index < -0.39 is 0 Å². The molecule has 8 heteroatoms. The highest BCUT2D eigenvalue weighted by Crippen LogP contribution is 2.22. The average molecular weight is 282 g/mol. The minimum Gasteiger partial charge on any atom is -0.368 e. The molecule has 3 heterocycles. The summed E-state index contributed by atoms with van der Waals surface area (Å²) in [7, 11) is 0. The number of aromatic nitrogens is 7. The zero-order valence-electron chi connectivity index (χ0n) is 11.3. The van der Waals surface area contributed by atoms with E-state index >= 15 is 0 Å². The molecule has 0 spiro atoms. The standard InChI is InChI=1S/C13H14N8/c14-11-17-12(19-13(18-11)21-7-3-6-16-21)20-8-15-9-4-1-2-5-10(9)20/h3,6-8H,1-2,4-5H2,(H2,14,17,18,19). The van der Waals surface area contributed by atoms with Crippen molar-refractivity contribution in [1.29, 1.82) is 0 Å². The molecule has 0 saturated carbocycles. The van der Waals surface area contributed by atoms with Gasteiger partial charge in [0.15, 0.2) is 0 Å². The van der Waals surface area contributed by atoms with Crippen LogP contribution in [0.25, 0.3) is 11.9 Å². The molecule has 0 bridgehead atoms. The Balaban J connectivity index is 1.84. The van der Waals surface area contributed by atoms with Gasteiger partial charge in [-0.2, -0.15) is 20.1 Å². The van der Waals surface area contributed by atoms with Gasteiger partial charge < -0.3 is 5.73 Å². The summed E-state index contributed by atoms with van der Waals surface area (Å²) in [5.41, 5.74) is 8.10. The fourth-order valence-corrected chi connectivity index (χ4v) is 2.61. The fraction of sp³-hybridized carbons (Fsp3) is 0.308. The normalized spacial score (nSPS) is 14.1. The second-order valence-electron chi connectivity index (χ2n) is 4.96. The van der Waals surface area contributed by atoms with Gasteiger partial charge in [0.1, 0.15) is 6.33 Å². The van der Waals surface area contributed by atoms with E-state index in [1.807, 2.05) is 4.57 Å². The molecule has 0 radical (unpaired) electrons. The quantitative estimate of drug-likeness (QED) is 0.742. The number of fused-ring (bicyclic) bond motifs is 1. The van der Waals surface area contributed by atoms with Crippen LogP contribution in [0.2, 0.25) is 0 Å². The molecule has 0 aliphatic heterocycles. The smallest absolute Gasteiger partial charge is 0.257 e. The van der Waals surface area contributed by atoms with Gasteiger partial charge in [-0.25, -0.2) is 9.67 Å². The lowest BCUT2D eigenvalue weighted by Gasteiger charge is -2.13. The summed E-state index contributed by atoms with van der Waals surface area (Å²) in [5, 5.41) is 4.12. The lowest BCUT2D eigenvalue weighted by molar-refractivity contribution is 0.649. The second kappa shape index (κ2) is 4.65. The van der Waals surface area contributed by atoms with Crippen molar-refractivity contribution < 1.29 is 0 Å². The maximum Gasteiger partial charge on any atom is 0.257 e. The van der Waals surface area contributed by atoms with Crippen LogP contribution in [0, 0.1) is 0 Å². The summed E-state index contributed by atoms with van der Waals surface area (Å²) >= 11 is 0. The fourth-order valence-electron chi connectivity index (χ4n) is 2.61. The molecule has 1 aliphatic carbocycles. The number of nitrogen functional groups attached to an aromatic ring is 1. The summed E-state index contributed by atoms with van der Waals surface area (Å²) in [6, 6.07) is 1.80. The van der Waals surface area contributed by atoms with Crippen molar-refractivity contribution in [2.45, 2.75) is 25.7 Å². The van der Waals surface area contributed by atoms with Crippen LogP contribution in [-0.4, -0.2) is 34.3 Å². The number of nitrogens with zero attached hydrogens (tertiary/aromatic N) is 7. The van der Waals surface area contributed by atoms with E-state index in [4.69, 9.17) is 5.73 Å². The van der Waals surface area contributed by atoms with Gasteiger partial charge in [-0.05, 0) is 31.7 Å². The molecule has 0 atom stereocenters. The summed E-state index contributed by atoms with van der Waals surface area (Å²) in [4.78, 5) is 17.3. The Bertz CT molecular complexity index is 774. The molecule has 3 aromatic rings. The Hall–Kier alpha value is -2.77. The highest BCUT2D eigenvalue weighted by molar-refractivity contribution is 5.32. The van der Waals surface area contributed by atoms with Crippen LogP contribution in [0.4, 0.5) is 5.95 Å². The first-order valence-corrected chi connectivity index (χ1v) is 6.88. The average Bonchev–Trinajstić information content (AvgIpc) is 3.16. The highest BCUT2D eigenvalue weighted by atomic mass is 15.4. The maximum atomic E-state index is 5.81. The van der Waals surface area contributed by atoms with Gasteiger partial charge in [-0.3, -0.25) is 4.57 Å². The van der Waals surface area contributed by atoms with E-state index in [1.54, 1.807) is 29.5 Å². The molecule has 0 amide bonds. The van der Waals surface area contributed by atoms with Crippen LogP contribution < -0.4 is 5.73 Å². The first-order chi connectivity index (χ1) is 10.3. The number of rotatable bonds is 2. The zero-order chi connectivity index (χ0) is 14.2. The lowest BCUT2D eigenvalue weighted by Crippen LogP contribution is -2.14. The molecule has 1 aliphatic rings. The number of hydrogen-bond donors (Lipinski definition) is 1. The predicted molar refractivity (Wildman–Crippen MR) is 75.1 cm³/mol. The number of nitrogens with two attached hydrogens (primary N) is 1. The molecule has 4 rings (SSSR count). The zero-order valence-corrected chi connectivity index (χ0v) is 11.3. The third-order valence-electron chi connectivity index (χ3n) is 3.58. The van der Waals surface area contributed by atoms with Gasteiger partial charge >= 0.3 is 0 Å². The highest BCUT2D eigenvalue weighted by Gasteiger charge is 2.18. The van der Waals surface area contributed by atoms with Gasteiger partial charge in [-0.15, -0.1) is 0 Å². The molecule has 0 aromatic carbocycles. The molecule has 0 saturated heterocycles. The molecular formula is C13H14N8. The van der Waals surface area contributed by atoms with Crippen molar-refractivity contribution in [3.8, 4) is 11.9 Å². The third-order valence-corrected chi connectivity index (χ3v) is 3.58. The Kier molecular flexibility index (Phi) is 2.66. The van der Waals surface area contributed by atoms with Crippen molar-refractivity contribution >= 4 is 5.95 Å². The van der Waals surface area contributed by atoms with Crippen molar-refractivity contribution in [1.82, 2.24) is 34.3 Å². The first kappa shape index (κ1) is 12.0. The Morgan fingerprint density at radius 1 is 1.05 bits per heavy atom. The second-order valence-corrected chi connectivity index (χ2v) is 4.96. The molecule has 106 valence electrons. The molecule has 2 N–H and O–H groups in total. The summed E-state index contributed by atoms with van der Waals surface area (Å²) < 4.78 is 3.46. The molecular weight excluding hydrogens is 268 g/mol.